The van der Waals surface area contributed by atoms with E-state index in [1.165, 1.54) is 22.3 Å². The largest absolute Gasteiger partial charge is 0.504 e. The highest BCUT2D eigenvalue weighted by Gasteiger charge is 2.42. The van der Waals surface area contributed by atoms with Crippen LogP contribution >= 0.6 is 0 Å². The van der Waals surface area contributed by atoms with E-state index in [1.54, 1.807) is 35.5 Å². The Morgan fingerprint density at radius 1 is 0.667 bits per heavy atom. The quantitative estimate of drug-likeness (QED) is 0.209. The maximum atomic E-state index is 10.7. The molecule has 0 fully saturated rings. The molecule has 0 saturated heterocycles. The summed E-state index contributed by atoms with van der Waals surface area (Å²) in [7, 11) is 12.6. The van der Waals surface area contributed by atoms with E-state index < -0.39 is 0 Å². The predicted octanol–water partition coefficient (Wildman–Crippen LogP) is 6.83. The highest BCUT2D eigenvalue weighted by Crippen LogP contribution is 2.55. The average molecular weight is 653 g/mol. The molecule has 9 heteroatoms. The zero-order chi connectivity index (χ0) is 33.7. The van der Waals surface area contributed by atoms with Crippen LogP contribution in [0.4, 0.5) is 0 Å². The SMILES string of the molecule is COc1ccc(C[C@@H]2c3cc(Oc4c5c(cc(OC)c4OC)[C@H]4Cc6cc(OC)c(O)cc6[C@@H](C5)N4C)c(OC)cc3CCN2C)cc1. The summed E-state index contributed by atoms with van der Waals surface area (Å²) in [6, 6.07) is 18.7. The van der Waals surface area contributed by atoms with Crippen LogP contribution in [0.2, 0.25) is 0 Å². The van der Waals surface area contributed by atoms with Crippen LogP contribution in [0.25, 0.3) is 0 Å². The van der Waals surface area contributed by atoms with Gasteiger partial charge in [0.25, 0.3) is 0 Å². The standard InChI is InChI=1S/C39H44N2O7/c1-40-13-12-23-16-35(45-5)36(20-27(23)30(40)14-22-8-10-25(43-3)11-9-22)48-38-29-18-32-26-19-33(42)34(44-4)17-24(26)15-31(41(32)2)28(29)21-37(46-6)39(38)47-7/h8-11,16-17,19-21,30-32,42H,12-15,18H2,1-7H3/t30-,31-,32-/m1/s1. The van der Waals surface area contributed by atoms with Crippen LogP contribution in [0, 0.1) is 0 Å². The fraction of sp³-hybridized carbons (Fsp3) is 0.385. The number of fused-ring (bicyclic) bond motifs is 7. The van der Waals surface area contributed by atoms with Gasteiger partial charge in [0.05, 0.1) is 35.5 Å². The lowest BCUT2D eigenvalue weighted by Gasteiger charge is -2.46. The zero-order valence-electron chi connectivity index (χ0n) is 28.8. The van der Waals surface area contributed by atoms with E-state index in [1.807, 2.05) is 24.3 Å². The number of benzene rings is 4. The fourth-order valence-corrected chi connectivity index (χ4v) is 7.91. The molecule has 9 nitrogen and oxygen atoms in total. The maximum absolute atomic E-state index is 10.7. The Balaban J connectivity index is 1.32. The third-order valence-corrected chi connectivity index (χ3v) is 10.6. The van der Waals surface area contributed by atoms with Crippen LogP contribution in [0.15, 0.2) is 54.6 Å². The number of methoxy groups -OCH3 is 5. The number of hydrogen-bond donors (Lipinski definition) is 1. The van der Waals surface area contributed by atoms with Crippen molar-refractivity contribution in [3.05, 3.63) is 93.5 Å². The molecular formula is C39H44N2O7. The van der Waals surface area contributed by atoms with Gasteiger partial charge in [-0.3, -0.25) is 9.80 Å². The van der Waals surface area contributed by atoms with Crippen LogP contribution in [-0.4, -0.2) is 71.1 Å². The summed E-state index contributed by atoms with van der Waals surface area (Å²) in [5.74, 6) is 4.58. The first-order valence-electron chi connectivity index (χ1n) is 16.4. The normalized spacial score (nSPS) is 19.9. The van der Waals surface area contributed by atoms with Crippen molar-refractivity contribution in [2.24, 2.45) is 0 Å². The third-order valence-electron chi connectivity index (χ3n) is 10.6. The lowest BCUT2D eigenvalue weighted by molar-refractivity contribution is 0.135. The van der Waals surface area contributed by atoms with Gasteiger partial charge in [-0.2, -0.15) is 0 Å². The Morgan fingerprint density at radius 3 is 2.04 bits per heavy atom. The lowest BCUT2D eigenvalue weighted by atomic mass is 9.76. The molecule has 3 aliphatic rings. The minimum Gasteiger partial charge on any atom is -0.504 e. The monoisotopic (exact) mass is 652 g/mol. The molecule has 3 heterocycles. The van der Waals surface area contributed by atoms with Crippen molar-refractivity contribution in [1.82, 2.24) is 9.80 Å². The van der Waals surface area contributed by atoms with E-state index in [-0.39, 0.29) is 23.9 Å². The number of ether oxygens (including phenoxy) is 6. The van der Waals surface area contributed by atoms with Gasteiger partial charge in [-0.15, -0.1) is 0 Å². The molecule has 0 aromatic heterocycles. The van der Waals surface area contributed by atoms with Crippen molar-refractivity contribution < 1.29 is 33.5 Å². The summed E-state index contributed by atoms with van der Waals surface area (Å²) in [5.41, 5.74) is 8.18. The number of aromatic hydroxyl groups is 1. The highest BCUT2D eigenvalue weighted by molar-refractivity contribution is 5.64. The summed E-state index contributed by atoms with van der Waals surface area (Å²) in [6.07, 6.45) is 3.19. The van der Waals surface area contributed by atoms with Crippen molar-refractivity contribution in [2.45, 2.75) is 43.8 Å². The van der Waals surface area contributed by atoms with Crippen LogP contribution in [-0.2, 0) is 25.7 Å². The van der Waals surface area contributed by atoms with Crippen molar-refractivity contribution in [3.63, 3.8) is 0 Å². The van der Waals surface area contributed by atoms with Crippen LogP contribution in [0.3, 0.4) is 0 Å². The van der Waals surface area contributed by atoms with Gasteiger partial charge in [0.15, 0.2) is 34.5 Å². The minimum absolute atomic E-state index is 0.0245. The number of nitrogens with zero attached hydrogens (tertiary/aromatic N) is 2. The lowest BCUT2D eigenvalue weighted by Crippen LogP contribution is -2.40. The summed E-state index contributed by atoms with van der Waals surface area (Å²) < 4.78 is 35.7. The number of phenolic OH excluding ortho intramolecular Hbond substituents is 1. The summed E-state index contributed by atoms with van der Waals surface area (Å²) in [4.78, 5) is 4.79. The van der Waals surface area contributed by atoms with Gasteiger partial charge >= 0.3 is 0 Å². The fourth-order valence-electron chi connectivity index (χ4n) is 7.91. The van der Waals surface area contributed by atoms with Gasteiger partial charge in [-0.05, 0) is 116 Å². The van der Waals surface area contributed by atoms with Crippen molar-refractivity contribution in [2.75, 3.05) is 56.2 Å². The molecule has 0 unspecified atom stereocenters. The van der Waals surface area contributed by atoms with Gasteiger partial charge in [0, 0.05) is 30.2 Å². The Labute approximate surface area is 282 Å². The van der Waals surface area contributed by atoms with E-state index in [0.717, 1.165) is 48.2 Å². The molecule has 0 spiro atoms. The molecule has 3 aliphatic heterocycles. The maximum Gasteiger partial charge on any atom is 0.204 e. The third kappa shape index (κ3) is 5.35. The Kier molecular flexibility index (Phi) is 8.51. The Morgan fingerprint density at radius 2 is 1.35 bits per heavy atom. The van der Waals surface area contributed by atoms with Gasteiger partial charge in [-0.1, -0.05) is 12.1 Å². The van der Waals surface area contributed by atoms with Crippen LogP contribution in [0.5, 0.6) is 46.0 Å². The average Bonchev–Trinajstić information content (AvgIpc) is 3.10. The Hall–Kier alpha value is -4.60. The molecule has 3 atom stereocenters. The minimum atomic E-state index is 0.0245. The number of likely N-dealkylation sites (N-methyl/N-ethyl adjacent to an activating group) is 2. The van der Waals surface area contributed by atoms with Crippen LogP contribution < -0.4 is 28.4 Å². The van der Waals surface area contributed by atoms with Crippen molar-refractivity contribution >= 4 is 0 Å². The van der Waals surface area contributed by atoms with Crippen molar-refractivity contribution in [1.29, 1.82) is 0 Å². The number of hydrogen-bond acceptors (Lipinski definition) is 9. The second-order valence-corrected chi connectivity index (χ2v) is 12.9. The summed E-state index contributed by atoms with van der Waals surface area (Å²) in [6.45, 7) is 0.952. The first kappa shape index (κ1) is 32.0. The van der Waals surface area contributed by atoms with E-state index in [9.17, 15) is 5.11 Å². The molecule has 1 N–H and O–H groups in total. The molecule has 0 amide bonds. The van der Waals surface area contributed by atoms with E-state index >= 15 is 0 Å². The second kappa shape index (κ2) is 12.8. The molecule has 48 heavy (non-hydrogen) atoms. The van der Waals surface area contributed by atoms with Gasteiger partial charge in [0.2, 0.25) is 5.75 Å². The molecule has 4 aromatic rings. The smallest absolute Gasteiger partial charge is 0.204 e. The van der Waals surface area contributed by atoms with E-state index in [2.05, 4.69) is 54.2 Å². The molecule has 4 aromatic carbocycles. The molecule has 0 saturated carbocycles. The van der Waals surface area contributed by atoms with E-state index in [4.69, 9.17) is 28.4 Å². The molecule has 7 rings (SSSR count). The summed E-state index contributed by atoms with van der Waals surface area (Å²) in [5, 5.41) is 10.7. The summed E-state index contributed by atoms with van der Waals surface area (Å²) >= 11 is 0. The highest BCUT2D eigenvalue weighted by atomic mass is 16.5. The first-order valence-corrected chi connectivity index (χ1v) is 16.4. The van der Waals surface area contributed by atoms with Crippen molar-refractivity contribution in [3.8, 4) is 46.0 Å². The number of rotatable bonds is 9. The van der Waals surface area contributed by atoms with E-state index in [0.29, 0.717) is 40.9 Å². The van der Waals surface area contributed by atoms with Gasteiger partial charge < -0.3 is 33.5 Å². The zero-order valence-corrected chi connectivity index (χ0v) is 28.8. The second-order valence-electron chi connectivity index (χ2n) is 12.9. The van der Waals surface area contributed by atoms with Gasteiger partial charge in [-0.25, -0.2) is 0 Å². The molecule has 2 bridgehead atoms. The van der Waals surface area contributed by atoms with Gasteiger partial charge in [0.1, 0.15) is 5.75 Å². The molecule has 0 radical (unpaired) electrons. The molecule has 252 valence electrons. The Bertz CT molecular complexity index is 1840. The molecular weight excluding hydrogens is 608 g/mol. The van der Waals surface area contributed by atoms with Crippen LogP contribution in [0.1, 0.15) is 57.1 Å². The molecule has 0 aliphatic carbocycles. The number of phenols is 1. The first-order chi connectivity index (χ1) is 23.3. The predicted molar refractivity (Wildman–Crippen MR) is 184 cm³/mol. The topological polar surface area (TPSA) is 82.1 Å².